The van der Waals surface area contributed by atoms with Gasteiger partial charge < -0.3 is 10.1 Å². The van der Waals surface area contributed by atoms with Gasteiger partial charge in [-0.1, -0.05) is 0 Å². The van der Waals surface area contributed by atoms with Gasteiger partial charge in [0, 0.05) is 19.2 Å². The van der Waals surface area contributed by atoms with Crippen molar-refractivity contribution < 1.29 is 4.74 Å². The SMILES string of the molecule is CC(NCC1(C)CCCO1)C1CC1. The zero-order valence-electron chi connectivity index (χ0n) is 8.81. The first kappa shape index (κ1) is 9.47. The molecular weight excluding hydrogens is 162 g/mol. The molecule has 1 N–H and O–H groups in total. The molecule has 0 amide bonds. The van der Waals surface area contributed by atoms with Gasteiger partial charge in [-0.05, 0) is 45.4 Å². The van der Waals surface area contributed by atoms with E-state index < -0.39 is 0 Å². The Morgan fingerprint density at radius 2 is 2.31 bits per heavy atom. The standard InChI is InChI=1S/C11H21NO/c1-9(10-4-5-10)12-8-11(2)6-3-7-13-11/h9-10,12H,3-8H2,1-2H3. The summed E-state index contributed by atoms with van der Waals surface area (Å²) in [5.74, 6) is 0.949. The molecule has 0 aromatic heterocycles. The molecule has 0 aromatic carbocycles. The van der Waals surface area contributed by atoms with Crippen LogP contribution in [0.5, 0.6) is 0 Å². The van der Waals surface area contributed by atoms with Gasteiger partial charge in [0.1, 0.15) is 0 Å². The molecule has 0 bridgehead atoms. The van der Waals surface area contributed by atoms with E-state index in [4.69, 9.17) is 4.74 Å². The first-order valence-electron chi connectivity index (χ1n) is 5.57. The second kappa shape index (κ2) is 3.58. The Labute approximate surface area is 81.0 Å². The van der Waals surface area contributed by atoms with E-state index in [9.17, 15) is 0 Å². The molecule has 2 unspecified atom stereocenters. The third-order valence-corrected chi connectivity index (χ3v) is 3.43. The zero-order chi connectivity index (χ0) is 9.31. The number of hydrogen-bond acceptors (Lipinski definition) is 2. The lowest BCUT2D eigenvalue weighted by Crippen LogP contribution is -2.41. The fraction of sp³-hybridized carbons (Fsp3) is 1.00. The van der Waals surface area contributed by atoms with E-state index in [2.05, 4.69) is 19.2 Å². The molecule has 0 radical (unpaired) electrons. The summed E-state index contributed by atoms with van der Waals surface area (Å²) < 4.78 is 5.73. The number of nitrogens with one attached hydrogen (secondary N) is 1. The predicted molar refractivity (Wildman–Crippen MR) is 53.8 cm³/mol. The van der Waals surface area contributed by atoms with Crippen LogP contribution in [0.2, 0.25) is 0 Å². The molecule has 13 heavy (non-hydrogen) atoms. The van der Waals surface area contributed by atoms with E-state index >= 15 is 0 Å². The van der Waals surface area contributed by atoms with E-state index in [0.717, 1.165) is 19.1 Å². The highest BCUT2D eigenvalue weighted by molar-refractivity contribution is 4.88. The van der Waals surface area contributed by atoms with Crippen LogP contribution >= 0.6 is 0 Å². The monoisotopic (exact) mass is 183 g/mol. The molecule has 1 saturated carbocycles. The third-order valence-electron chi connectivity index (χ3n) is 3.43. The summed E-state index contributed by atoms with van der Waals surface area (Å²) in [6, 6.07) is 0.695. The van der Waals surface area contributed by atoms with Crippen LogP contribution in [0.4, 0.5) is 0 Å². The fourth-order valence-corrected chi connectivity index (χ4v) is 2.12. The van der Waals surface area contributed by atoms with E-state index in [1.54, 1.807) is 0 Å². The largest absolute Gasteiger partial charge is 0.374 e. The molecule has 76 valence electrons. The maximum atomic E-state index is 5.73. The van der Waals surface area contributed by atoms with Gasteiger partial charge in [-0.2, -0.15) is 0 Å². The second-order valence-electron chi connectivity index (χ2n) is 4.91. The van der Waals surface area contributed by atoms with Crippen LogP contribution in [-0.4, -0.2) is 24.8 Å². The van der Waals surface area contributed by atoms with Gasteiger partial charge in [0.05, 0.1) is 5.60 Å². The first-order chi connectivity index (χ1) is 6.20. The molecule has 1 saturated heterocycles. The molecule has 2 aliphatic rings. The fourth-order valence-electron chi connectivity index (χ4n) is 2.12. The Bertz CT molecular complexity index is 171. The smallest absolute Gasteiger partial charge is 0.0779 e. The maximum absolute atomic E-state index is 5.73. The highest BCUT2D eigenvalue weighted by Crippen LogP contribution is 2.33. The van der Waals surface area contributed by atoms with Crippen molar-refractivity contribution in [1.82, 2.24) is 5.32 Å². The minimum Gasteiger partial charge on any atom is -0.374 e. The van der Waals surface area contributed by atoms with Crippen molar-refractivity contribution in [3.05, 3.63) is 0 Å². The third kappa shape index (κ3) is 2.44. The number of rotatable bonds is 4. The Hall–Kier alpha value is -0.0800. The molecule has 2 rings (SSSR count). The van der Waals surface area contributed by atoms with Gasteiger partial charge in [0.15, 0.2) is 0 Å². The molecule has 0 aromatic rings. The summed E-state index contributed by atoms with van der Waals surface area (Å²) in [6.07, 6.45) is 5.30. The first-order valence-corrected chi connectivity index (χ1v) is 5.57. The molecule has 2 heteroatoms. The van der Waals surface area contributed by atoms with Crippen molar-refractivity contribution in [3.8, 4) is 0 Å². The number of ether oxygens (including phenoxy) is 1. The maximum Gasteiger partial charge on any atom is 0.0779 e. The average molecular weight is 183 g/mol. The predicted octanol–water partition coefficient (Wildman–Crippen LogP) is 1.94. The summed E-state index contributed by atoms with van der Waals surface area (Å²) in [6.45, 7) is 6.52. The summed E-state index contributed by atoms with van der Waals surface area (Å²) >= 11 is 0. The van der Waals surface area contributed by atoms with Crippen LogP contribution in [0.1, 0.15) is 39.5 Å². The van der Waals surface area contributed by atoms with Crippen LogP contribution in [0.15, 0.2) is 0 Å². The molecular formula is C11H21NO. The van der Waals surface area contributed by atoms with Crippen molar-refractivity contribution in [2.75, 3.05) is 13.2 Å². The topological polar surface area (TPSA) is 21.3 Å². The molecule has 2 fully saturated rings. The molecule has 1 aliphatic heterocycles. The Balaban J connectivity index is 1.70. The summed E-state index contributed by atoms with van der Waals surface area (Å²) in [5.41, 5.74) is 0.128. The van der Waals surface area contributed by atoms with Crippen LogP contribution in [-0.2, 0) is 4.74 Å². The van der Waals surface area contributed by atoms with Gasteiger partial charge in [0.2, 0.25) is 0 Å². The lowest BCUT2D eigenvalue weighted by molar-refractivity contribution is 0.0186. The van der Waals surface area contributed by atoms with Gasteiger partial charge in [0.25, 0.3) is 0 Å². The Morgan fingerprint density at radius 1 is 1.54 bits per heavy atom. The van der Waals surface area contributed by atoms with Crippen molar-refractivity contribution in [1.29, 1.82) is 0 Å². The highest BCUT2D eigenvalue weighted by atomic mass is 16.5. The highest BCUT2D eigenvalue weighted by Gasteiger charge is 2.32. The minimum absolute atomic E-state index is 0.128. The van der Waals surface area contributed by atoms with Crippen molar-refractivity contribution in [2.45, 2.75) is 51.2 Å². The van der Waals surface area contributed by atoms with E-state index in [-0.39, 0.29) is 5.60 Å². The lowest BCUT2D eigenvalue weighted by atomic mass is 10.0. The van der Waals surface area contributed by atoms with Crippen LogP contribution in [0.25, 0.3) is 0 Å². The van der Waals surface area contributed by atoms with Gasteiger partial charge >= 0.3 is 0 Å². The quantitative estimate of drug-likeness (QED) is 0.719. The lowest BCUT2D eigenvalue weighted by Gasteiger charge is -2.25. The van der Waals surface area contributed by atoms with Crippen molar-refractivity contribution >= 4 is 0 Å². The van der Waals surface area contributed by atoms with Crippen molar-refractivity contribution in [2.24, 2.45) is 5.92 Å². The normalized spacial score (nSPS) is 36.5. The summed E-state index contributed by atoms with van der Waals surface area (Å²) in [7, 11) is 0. The van der Waals surface area contributed by atoms with Crippen LogP contribution in [0.3, 0.4) is 0 Å². The Kier molecular flexibility index (Phi) is 2.61. The Morgan fingerprint density at radius 3 is 2.85 bits per heavy atom. The molecule has 1 heterocycles. The van der Waals surface area contributed by atoms with E-state index in [1.165, 1.54) is 25.7 Å². The number of hydrogen-bond donors (Lipinski definition) is 1. The van der Waals surface area contributed by atoms with Gasteiger partial charge in [-0.25, -0.2) is 0 Å². The minimum atomic E-state index is 0.128. The van der Waals surface area contributed by atoms with Crippen LogP contribution < -0.4 is 5.32 Å². The summed E-state index contributed by atoms with van der Waals surface area (Å²) in [4.78, 5) is 0. The molecule has 2 nitrogen and oxygen atoms in total. The van der Waals surface area contributed by atoms with E-state index in [0.29, 0.717) is 6.04 Å². The zero-order valence-corrected chi connectivity index (χ0v) is 8.81. The summed E-state index contributed by atoms with van der Waals surface area (Å²) in [5, 5.41) is 3.60. The van der Waals surface area contributed by atoms with Gasteiger partial charge in [-0.15, -0.1) is 0 Å². The molecule has 1 aliphatic carbocycles. The van der Waals surface area contributed by atoms with Crippen LogP contribution in [0, 0.1) is 5.92 Å². The molecule has 0 spiro atoms. The second-order valence-corrected chi connectivity index (χ2v) is 4.91. The van der Waals surface area contributed by atoms with Crippen molar-refractivity contribution in [3.63, 3.8) is 0 Å². The van der Waals surface area contributed by atoms with E-state index in [1.807, 2.05) is 0 Å². The average Bonchev–Trinajstić information content (AvgIpc) is 2.87. The van der Waals surface area contributed by atoms with Gasteiger partial charge in [-0.3, -0.25) is 0 Å². The molecule has 2 atom stereocenters.